The number of aromatic nitrogens is 2. The molecule has 0 radical (unpaired) electrons. The Morgan fingerprint density at radius 2 is 2.26 bits per heavy atom. The first kappa shape index (κ1) is 13.4. The summed E-state index contributed by atoms with van der Waals surface area (Å²) in [6, 6.07) is 3.23. The minimum atomic E-state index is -0.926. The average molecular weight is 283 g/mol. The lowest BCUT2D eigenvalue weighted by Gasteiger charge is -1.99. The van der Waals surface area contributed by atoms with Gasteiger partial charge in [0.15, 0.2) is 5.69 Å². The van der Waals surface area contributed by atoms with Crippen molar-refractivity contribution in [2.45, 2.75) is 12.8 Å². The van der Waals surface area contributed by atoms with Crippen molar-refractivity contribution in [3.8, 4) is 0 Å². The minimum Gasteiger partial charge on any atom is -0.481 e. The second-order valence-corrected chi connectivity index (χ2v) is 4.30. The molecule has 0 spiro atoms. The van der Waals surface area contributed by atoms with Gasteiger partial charge in [0.05, 0.1) is 19.0 Å². The summed E-state index contributed by atoms with van der Waals surface area (Å²) in [7, 11) is 1.26. The van der Waals surface area contributed by atoms with Gasteiger partial charge in [-0.05, 0) is 12.1 Å². The number of carbonyl (C=O) groups excluding carboxylic acids is 1. The summed E-state index contributed by atoms with van der Waals surface area (Å²) >= 11 is 5.89. The lowest BCUT2D eigenvalue weighted by Crippen LogP contribution is -2.03. The highest BCUT2D eigenvalue weighted by molar-refractivity contribution is 6.31. The quantitative estimate of drug-likeness (QED) is 0.865. The molecule has 0 aliphatic rings. The Kier molecular flexibility index (Phi) is 3.71. The van der Waals surface area contributed by atoms with Crippen LogP contribution in [0.25, 0.3) is 5.52 Å². The van der Waals surface area contributed by atoms with Crippen molar-refractivity contribution < 1.29 is 19.4 Å². The van der Waals surface area contributed by atoms with E-state index in [1.807, 2.05) is 0 Å². The van der Waals surface area contributed by atoms with E-state index in [-0.39, 0.29) is 18.5 Å². The maximum absolute atomic E-state index is 11.6. The van der Waals surface area contributed by atoms with Crippen LogP contribution in [0.5, 0.6) is 0 Å². The first-order chi connectivity index (χ1) is 9.02. The molecule has 0 aliphatic heterocycles. The van der Waals surface area contributed by atoms with E-state index in [2.05, 4.69) is 9.72 Å². The molecule has 0 saturated heterocycles. The normalized spacial score (nSPS) is 10.6. The molecular formula is C12H11ClN2O4. The zero-order valence-corrected chi connectivity index (χ0v) is 10.8. The lowest BCUT2D eigenvalue weighted by atomic mass is 10.3. The van der Waals surface area contributed by atoms with E-state index in [0.717, 1.165) is 0 Å². The van der Waals surface area contributed by atoms with Gasteiger partial charge in [-0.15, -0.1) is 0 Å². The van der Waals surface area contributed by atoms with Gasteiger partial charge >= 0.3 is 11.9 Å². The summed E-state index contributed by atoms with van der Waals surface area (Å²) in [6.07, 6.45) is 1.80. The molecule has 0 saturated carbocycles. The van der Waals surface area contributed by atoms with Crippen LogP contribution in [0.15, 0.2) is 18.3 Å². The van der Waals surface area contributed by atoms with Crippen molar-refractivity contribution in [1.82, 2.24) is 9.38 Å². The van der Waals surface area contributed by atoms with Gasteiger partial charge in [-0.2, -0.15) is 0 Å². The Bertz CT molecular complexity index is 650. The number of pyridine rings is 1. The first-order valence-electron chi connectivity index (χ1n) is 5.49. The Morgan fingerprint density at radius 1 is 1.53 bits per heavy atom. The zero-order valence-electron chi connectivity index (χ0n) is 10.1. The first-order valence-corrected chi connectivity index (χ1v) is 5.87. The molecule has 0 amide bonds. The highest BCUT2D eigenvalue weighted by Gasteiger charge is 2.18. The number of halogens is 1. The fourth-order valence-electron chi connectivity index (χ4n) is 1.76. The molecule has 100 valence electrons. The summed E-state index contributed by atoms with van der Waals surface area (Å²) in [5.74, 6) is -1.03. The van der Waals surface area contributed by atoms with Gasteiger partial charge in [-0.3, -0.25) is 4.79 Å². The van der Waals surface area contributed by atoms with E-state index < -0.39 is 11.9 Å². The maximum Gasteiger partial charge on any atom is 0.358 e. The zero-order chi connectivity index (χ0) is 14.0. The molecule has 0 aliphatic carbocycles. The van der Waals surface area contributed by atoms with E-state index in [0.29, 0.717) is 16.4 Å². The van der Waals surface area contributed by atoms with Crippen molar-refractivity contribution in [1.29, 1.82) is 0 Å². The number of carboxylic acid groups (broad SMARTS) is 1. The average Bonchev–Trinajstić information content (AvgIpc) is 2.73. The predicted octanol–water partition coefficient (Wildman–Crippen LogP) is 1.79. The highest BCUT2D eigenvalue weighted by Crippen LogP contribution is 2.19. The summed E-state index contributed by atoms with van der Waals surface area (Å²) in [4.78, 5) is 26.4. The van der Waals surface area contributed by atoms with Crippen LogP contribution in [0, 0.1) is 0 Å². The number of nitrogens with zero attached hydrogens (tertiary/aromatic N) is 2. The van der Waals surface area contributed by atoms with Crippen molar-refractivity contribution in [2.75, 3.05) is 7.11 Å². The summed E-state index contributed by atoms with van der Waals surface area (Å²) in [6.45, 7) is 0. The number of esters is 1. The molecule has 7 heteroatoms. The third kappa shape index (κ3) is 2.68. The van der Waals surface area contributed by atoms with Gasteiger partial charge in [0.25, 0.3) is 0 Å². The number of aryl methyl sites for hydroxylation is 1. The van der Waals surface area contributed by atoms with Crippen LogP contribution in [0.2, 0.25) is 5.02 Å². The Hall–Kier alpha value is -2.08. The molecule has 2 heterocycles. The van der Waals surface area contributed by atoms with Crippen molar-refractivity contribution in [3.05, 3.63) is 34.9 Å². The van der Waals surface area contributed by atoms with Crippen LogP contribution in [0.3, 0.4) is 0 Å². The summed E-state index contributed by atoms with van der Waals surface area (Å²) in [5.41, 5.74) is 0.630. The van der Waals surface area contributed by atoms with Gasteiger partial charge in [0.1, 0.15) is 5.82 Å². The third-order valence-electron chi connectivity index (χ3n) is 2.62. The Labute approximate surface area is 113 Å². The Balaban J connectivity index is 2.53. The number of hydrogen-bond donors (Lipinski definition) is 1. The molecule has 1 N–H and O–H groups in total. The number of aliphatic carboxylic acids is 1. The predicted molar refractivity (Wildman–Crippen MR) is 67.5 cm³/mol. The lowest BCUT2D eigenvalue weighted by molar-refractivity contribution is -0.137. The van der Waals surface area contributed by atoms with E-state index in [1.165, 1.54) is 7.11 Å². The van der Waals surface area contributed by atoms with Gasteiger partial charge in [0.2, 0.25) is 0 Å². The van der Waals surface area contributed by atoms with Crippen LogP contribution in [-0.4, -0.2) is 33.5 Å². The van der Waals surface area contributed by atoms with E-state index in [1.54, 1.807) is 22.7 Å². The van der Waals surface area contributed by atoms with Crippen molar-refractivity contribution in [2.24, 2.45) is 0 Å². The maximum atomic E-state index is 11.6. The number of rotatable bonds is 4. The molecule has 2 aromatic heterocycles. The molecule has 2 rings (SSSR count). The second kappa shape index (κ2) is 5.27. The van der Waals surface area contributed by atoms with Crippen LogP contribution in [0.1, 0.15) is 22.7 Å². The molecule has 0 atom stereocenters. The highest BCUT2D eigenvalue weighted by atomic mass is 35.5. The van der Waals surface area contributed by atoms with E-state index in [4.69, 9.17) is 16.7 Å². The third-order valence-corrected chi connectivity index (χ3v) is 2.85. The van der Waals surface area contributed by atoms with Crippen molar-refractivity contribution >= 4 is 29.1 Å². The van der Waals surface area contributed by atoms with E-state index >= 15 is 0 Å². The molecular weight excluding hydrogens is 272 g/mol. The van der Waals surface area contributed by atoms with Crippen LogP contribution < -0.4 is 0 Å². The molecule has 19 heavy (non-hydrogen) atoms. The van der Waals surface area contributed by atoms with Gasteiger partial charge in [-0.25, -0.2) is 9.78 Å². The van der Waals surface area contributed by atoms with Gasteiger partial charge in [-0.1, -0.05) is 11.6 Å². The number of fused-ring (bicyclic) bond motifs is 1. The van der Waals surface area contributed by atoms with Crippen LogP contribution in [0.4, 0.5) is 0 Å². The SMILES string of the molecule is COC(=O)c1nc(CCC(=O)O)n2ccc(Cl)cc12. The molecule has 0 fully saturated rings. The molecule has 6 nitrogen and oxygen atoms in total. The number of hydrogen-bond acceptors (Lipinski definition) is 4. The minimum absolute atomic E-state index is 0.0671. The molecule has 0 aromatic carbocycles. The number of ether oxygens (including phenoxy) is 1. The monoisotopic (exact) mass is 282 g/mol. The number of carboxylic acids is 1. The number of carbonyl (C=O) groups is 2. The largest absolute Gasteiger partial charge is 0.481 e. The van der Waals surface area contributed by atoms with Gasteiger partial charge in [0, 0.05) is 17.6 Å². The topological polar surface area (TPSA) is 80.9 Å². The van der Waals surface area contributed by atoms with Gasteiger partial charge < -0.3 is 14.2 Å². The fourth-order valence-corrected chi connectivity index (χ4v) is 1.92. The summed E-state index contributed by atoms with van der Waals surface area (Å²) < 4.78 is 6.29. The molecule has 0 bridgehead atoms. The molecule has 0 unspecified atom stereocenters. The van der Waals surface area contributed by atoms with E-state index in [9.17, 15) is 9.59 Å². The summed E-state index contributed by atoms with van der Waals surface area (Å²) in [5, 5.41) is 9.16. The second-order valence-electron chi connectivity index (χ2n) is 3.86. The fraction of sp³-hybridized carbons (Fsp3) is 0.250. The molecule has 2 aromatic rings. The standard InChI is InChI=1S/C12H11ClN2O4/c1-19-12(18)11-8-6-7(13)4-5-15(8)9(14-11)2-3-10(16)17/h4-6H,2-3H2,1H3,(H,16,17). The smallest absolute Gasteiger partial charge is 0.358 e. The number of methoxy groups -OCH3 is 1. The number of imidazole rings is 1. The Morgan fingerprint density at radius 3 is 2.89 bits per heavy atom. The van der Waals surface area contributed by atoms with Crippen LogP contribution in [-0.2, 0) is 16.0 Å². The van der Waals surface area contributed by atoms with Crippen molar-refractivity contribution in [3.63, 3.8) is 0 Å². The van der Waals surface area contributed by atoms with Crippen LogP contribution >= 0.6 is 11.6 Å².